The van der Waals surface area contributed by atoms with Crippen LogP contribution in [-0.2, 0) is 0 Å². The maximum absolute atomic E-state index is 13.0. The van der Waals surface area contributed by atoms with Crippen LogP contribution in [0.1, 0.15) is 17.3 Å². The average molecular weight is 290 g/mol. The molecule has 0 aliphatic rings. The largest absolute Gasteiger partial charge is 0.387 e. The molecular weight excluding hydrogens is 273 g/mol. The third-order valence-electron chi connectivity index (χ3n) is 2.53. The van der Waals surface area contributed by atoms with E-state index in [9.17, 15) is 23.1 Å². The van der Waals surface area contributed by atoms with Crippen LogP contribution in [0.2, 0.25) is 0 Å². The monoisotopic (exact) mass is 290 g/mol. The number of aliphatic hydroxyl groups is 1. The molecule has 0 spiro atoms. The number of nitrogens with one attached hydrogen (secondary N) is 1. The molecule has 0 bridgehead atoms. The predicted molar refractivity (Wildman–Crippen MR) is 67.8 cm³/mol. The summed E-state index contributed by atoms with van der Waals surface area (Å²) < 4.78 is 38.8. The van der Waals surface area contributed by atoms with E-state index >= 15 is 0 Å². The highest BCUT2D eigenvalue weighted by Gasteiger charge is 2.23. The van der Waals surface area contributed by atoms with Crippen LogP contribution in [0.4, 0.5) is 13.2 Å². The van der Waals surface area contributed by atoms with Crippen molar-refractivity contribution in [3.8, 4) is 0 Å². The maximum Gasteiger partial charge on any atom is 0.251 e. The van der Waals surface area contributed by atoms with Crippen molar-refractivity contribution in [1.29, 1.82) is 0 Å². The van der Waals surface area contributed by atoms with Crippen molar-refractivity contribution < 1.29 is 23.1 Å². The standard InChI is InChI=1S/C13H17F3N2O2/c1-13(20,7-18(2)3)6-17-12(19)8-4-9(14)11(16)10(15)5-8/h4-5,20H,6-7H2,1-3H3,(H,17,19). The van der Waals surface area contributed by atoms with Crippen LogP contribution in [0, 0.1) is 17.5 Å². The highest BCUT2D eigenvalue weighted by atomic mass is 19.2. The fraction of sp³-hybridized carbons (Fsp3) is 0.462. The number of carbonyl (C=O) groups is 1. The number of halogens is 3. The van der Waals surface area contributed by atoms with Gasteiger partial charge >= 0.3 is 0 Å². The van der Waals surface area contributed by atoms with Crippen molar-refractivity contribution >= 4 is 5.91 Å². The summed E-state index contributed by atoms with van der Waals surface area (Å²) in [6.45, 7) is 1.70. The molecule has 1 atom stereocenters. The van der Waals surface area contributed by atoms with E-state index in [4.69, 9.17) is 0 Å². The van der Waals surface area contributed by atoms with Crippen molar-refractivity contribution in [2.24, 2.45) is 0 Å². The molecule has 1 amide bonds. The van der Waals surface area contributed by atoms with Crippen LogP contribution in [0.5, 0.6) is 0 Å². The molecule has 0 aromatic heterocycles. The first-order chi connectivity index (χ1) is 9.12. The molecule has 1 aromatic carbocycles. The lowest BCUT2D eigenvalue weighted by Gasteiger charge is -2.27. The molecule has 0 heterocycles. The maximum atomic E-state index is 13.0. The van der Waals surface area contributed by atoms with Crippen molar-refractivity contribution in [1.82, 2.24) is 10.2 Å². The van der Waals surface area contributed by atoms with Gasteiger partial charge in [-0.25, -0.2) is 13.2 Å². The van der Waals surface area contributed by atoms with Crippen molar-refractivity contribution in [3.05, 3.63) is 35.1 Å². The van der Waals surface area contributed by atoms with Gasteiger partial charge in [-0.15, -0.1) is 0 Å². The summed E-state index contributed by atoms with van der Waals surface area (Å²) in [7, 11) is 3.50. The molecule has 0 aliphatic heterocycles. The lowest BCUT2D eigenvalue weighted by atomic mass is 10.1. The molecule has 1 aromatic rings. The summed E-state index contributed by atoms with van der Waals surface area (Å²) >= 11 is 0. The highest BCUT2D eigenvalue weighted by molar-refractivity contribution is 5.94. The third kappa shape index (κ3) is 4.50. The molecule has 0 fully saturated rings. The Kier molecular flexibility index (Phi) is 5.13. The Morgan fingerprint density at radius 3 is 2.25 bits per heavy atom. The fourth-order valence-electron chi connectivity index (χ4n) is 1.80. The van der Waals surface area contributed by atoms with Gasteiger partial charge in [0.2, 0.25) is 0 Å². The Bertz CT molecular complexity index is 481. The normalized spacial score (nSPS) is 14.2. The number of carbonyl (C=O) groups excluding carboxylic acids is 1. The second kappa shape index (κ2) is 6.23. The number of amides is 1. The molecule has 0 saturated heterocycles. The Labute approximate surface area is 115 Å². The van der Waals surface area contributed by atoms with Gasteiger partial charge in [0.1, 0.15) is 0 Å². The first-order valence-electron chi connectivity index (χ1n) is 5.92. The summed E-state index contributed by atoms with van der Waals surface area (Å²) in [4.78, 5) is 13.4. The second-order valence-corrected chi connectivity index (χ2v) is 5.17. The highest BCUT2D eigenvalue weighted by Crippen LogP contribution is 2.13. The first kappa shape index (κ1) is 16.5. The van der Waals surface area contributed by atoms with Crippen LogP contribution >= 0.6 is 0 Å². The van der Waals surface area contributed by atoms with Gasteiger partial charge in [-0.05, 0) is 33.2 Å². The van der Waals surface area contributed by atoms with E-state index < -0.39 is 29.0 Å². The van der Waals surface area contributed by atoms with Gasteiger partial charge in [-0.3, -0.25) is 4.79 Å². The summed E-state index contributed by atoms with van der Waals surface area (Å²) in [5.41, 5.74) is -1.54. The van der Waals surface area contributed by atoms with E-state index in [0.717, 1.165) is 0 Å². The van der Waals surface area contributed by atoms with Crippen LogP contribution < -0.4 is 5.32 Å². The smallest absolute Gasteiger partial charge is 0.251 e. The Morgan fingerprint density at radius 1 is 1.30 bits per heavy atom. The zero-order valence-electron chi connectivity index (χ0n) is 11.5. The van der Waals surface area contributed by atoms with E-state index in [2.05, 4.69) is 5.32 Å². The van der Waals surface area contributed by atoms with E-state index in [1.807, 2.05) is 0 Å². The molecule has 2 N–H and O–H groups in total. The van der Waals surface area contributed by atoms with E-state index in [0.29, 0.717) is 18.7 Å². The lowest BCUT2D eigenvalue weighted by molar-refractivity contribution is 0.0326. The third-order valence-corrected chi connectivity index (χ3v) is 2.53. The minimum absolute atomic E-state index is 0.107. The average Bonchev–Trinajstić information content (AvgIpc) is 2.31. The minimum atomic E-state index is -1.62. The summed E-state index contributed by atoms with van der Waals surface area (Å²) in [6.07, 6.45) is 0. The fourth-order valence-corrected chi connectivity index (χ4v) is 1.80. The van der Waals surface area contributed by atoms with Gasteiger partial charge in [0.15, 0.2) is 17.5 Å². The molecular formula is C13H17F3N2O2. The predicted octanol–water partition coefficient (Wildman–Crippen LogP) is 1.15. The van der Waals surface area contributed by atoms with E-state index in [-0.39, 0.29) is 12.1 Å². The number of likely N-dealkylation sites (N-methyl/N-ethyl adjacent to an activating group) is 1. The zero-order valence-corrected chi connectivity index (χ0v) is 11.5. The van der Waals surface area contributed by atoms with Crippen LogP contribution in [0.15, 0.2) is 12.1 Å². The zero-order chi connectivity index (χ0) is 15.5. The summed E-state index contributed by atoms with van der Waals surface area (Å²) in [6, 6.07) is 1.21. The van der Waals surface area contributed by atoms with Crippen molar-refractivity contribution in [2.75, 3.05) is 27.2 Å². The molecule has 0 radical (unpaired) electrons. The SMILES string of the molecule is CN(C)CC(C)(O)CNC(=O)c1cc(F)c(F)c(F)c1. The van der Waals surface area contributed by atoms with Gasteiger partial charge in [0.05, 0.1) is 5.60 Å². The van der Waals surface area contributed by atoms with Gasteiger partial charge in [-0.1, -0.05) is 0 Å². The Balaban J connectivity index is 2.73. The number of nitrogens with zero attached hydrogens (tertiary/aromatic N) is 1. The van der Waals surface area contributed by atoms with Crippen molar-refractivity contribution in [2.45, 2.75) is 12.5 Å². The molecule has 1 unspecified atom stereocenters. The Morgan fingerprint density at radius 2 is 1.80 bits per heavy atom. The molecule has 4 nitrogen and oxygen atoms in total. The quantitative estimate of drug-likeness (QED) is 0.800. The lowest BCUT2D eigenvalue weighted by Crippen LogP contribution is -2.47. The van der Waals surface area contributed by atoms with Gasteiger partial charge in [0.25, 0.3) is 5.91 Å². The van der Waals surface area contributed by atoms with Crippen molar-refractivity contribution in [3.63, 3.8) is 0 Å². The molecule has 1 rings (SSSR count). The number of hydrogen-bond donors (Lipinski definition) is 2. The van der Waals surface area contributed by atoms with Gasteiger partial charge < -0.3 is 15.3 Å². The molecule has 112 valence electrons. The summed E-state index contributed by atoms with van der Waals surface area (Å²) in [5.74, 6) is -5.28. The topological polar surface area (TPSA) is 52.6 Å². The van der Waals surface area contributed by atoms with Gasteiger partial charge in [-0.2, -0.15) is 0 Å². The number of rotatable bonds is 5. The minimum Gasteiger partial charge on any atom is -0.387 e. The van der Waals surface area contributed by atoms with Crippen LogP contribution in [0.3, 0.4) is 0 Å². The summed E-state index contributed by atoms with van der Waals surface area (Å²) in [5, 5.41) is 12.3. The first-order valence-corrected chi connectivity index (χ1v) is 5.92. The van der Waals surface area contributed by atoms with Crippen LogP contribution in [0.25, 0.3) is 0 Å². The number of hydrogen-bond acceptors (Lipinski definition) is 3. The Hall–Kier alpha value is -1.60. The molecule has 0 saturated carbocycles. The molecule has 7 heteroatoms. The number of benzene rings is 1. The van der Waals surface area contributed by atoms with Crippen LogP contribution in [-0.4, -0.2) is 48.7 Å². The molecule has 0 aliphatic carbocycles. The van der Waals surface area contributed by atoms with E-state index in [1.54, 1.807) is 19.0 Å². The second-order valence-electron chi connectivity index (χ2n) is 5.17. The van der Waals surface area contributed by atoms with E-state index in [1.165, 1.54) is 6.92 Å². The molecule has 20 heavy (non-hydrogen) atoms. The van der Waals surface area contributed by atoms with Gasteiger partial charge in [0, 0.05) is 18.7 Å².